The van der Waals surface area contributed by atoms with Crippen molar-refractivity contribution in [2.75, 3.05) is 6.61 Å². The van der Waals surface area contributed by atoms with E-state index >= 15 is 0 Å². The van der Waals surface area contributed by atoms with Crippen LogP contribution in [0.5, 0.6) is 5.75 Å². The summed E-state index contributed by atoms with van der Waals surface area (Å²) in [5, 5.41) is 20.3. The Hall–Kier alpha value is -1.62. The summed E-state index contributed by atoms with van der Waals surface area (Å²) in [5.41, 5.74) is -1.28. The number of hydrogen-bond donors (Lipinski definition) is 2. The SMILES string of the molecule is CC(C)C[C@H](C)[C@](O)(Cc1cc(OCCCC2CC2)ccn1)C(=O)O. The van der Waals surface area contributed by atoms with Crippen molar-refractivity contribution in [1.82, 2.24) is 4.98 Å². The number of nitrogens with zero attached hydrogens (tertiary/aromatic N) is 1. The zero-order valence-corrected chi connectivity index (χ0v) is 15.6. The normalized spacial score (nSPS) is 18.0. The van der Waals surface area contributed by atoms with Crippen LogP contribution in [-0.4, -0.2) is 33.4 Å². The van der Waals surface area contributed by atoms with Gasteiger partial charge >= 0.3 is 5.97 Å². The molecule has 1 aromatic heterocycles. The van der Waals surface area contributed by atoms with Crippen molar-refractivity contribution in [1.29, 1.82) is 0 Å². The van der Waals surface area contributed by atoms with Crippen LogP contribution in [0.3, 0.4) is 0 Å². The Labute approximate surface area is 150 Å². The summed E-state index contributed by atoms with van der Waals surface area (Å²) < 4.78 is 5.76. The van der Waals surface area contributed by atoms with Gasteiger partial charge in [-0.25, -0.2) is 4.79 Å². The third-order valence-electron chi connectivity index (χ3n) is 4.97. The van der Waals surface area contributed by atoms with Crippen molar-refractivity contribution in [3.8, 4) is 5.75 Å². The topological polar surface area (TPSA) is 79.7 Å². The predicted octanol–water partition coefficient (Wildman–Crippen LogP) is 3.69. The smallest absolute Gasteiger partial charge is 0.336 e. The summed E-state index contributed by atoms with van der Waals surface area (Å²) in [6.07, 6.45) is 7.18. The van der Waals surface area contributed by atoms with E-state index in [0.29, 0.717) is 30.4 Å². The lowest BCUT2D eigenvalue weighted by atomic mass is 9.80. The second-order valence-corrected chi connectivity index (χ2v) is 7.85. The number of carbonyl (C=O) groups is 1. The quantitative estimate of drug-likeness (QED) is 0.596. The zero-order chi connectivity index (χ0) is 18.4. The molecule has 0 aliphatic heterocycles. The predicted molar refractivity (Wildman–Crippen MR) is 96.6 cm³/mol. The van der Waals surface area contributed by atoms with Crippen LogP contribution in [0.4, 0.5) is 0 Å². The Morgan fingerprint density at radius 3 is 2.72 bits per heavy atom. The summed E-state index contributed by atoms with van der Waals surface area (Å²) in [7, 11) is 0. The highest BCUT2D eigenvalue weighted by atomic mass is 16.5. The molecule has 5 nitrogen and oxygen atoms in total. The van der Waals surface area contributed by atoms with Crippen molar-refractivity contribution in [3.05, 3.63) is 24.0 Å². The molecule has 0 radical (unpaired) electrons. The number of rotatable bonds is 11. The highest BCUT2D eigenvalue weighted by Crippen LogP contribution is 2.33. The maximum Gasteiger partial charge on any atom is 0.336 e. The fourth-order valence-corrected chi connectivity index (χ4v) is 3.25. The third-order valence-corrected chi connectivity index (χ3v) is 4.97. The average molecular weight is 349 g/mol. The van der Waals surface area contributed by atoms with Crippen LogP contribution in [0.2, 0.25) is 0 Å². The van der Waals surface area contributed by atoms with E-state index in [1.165, 1.54) is 19.3 Å². The maximum absolute atomic E-state index is 11.7. The van der Waals surface area contributed by atoms with E-state index in [1.807, 2.05) is 13.8 Å². The van der Waals surface area contributed by atoms with Gasteiger partial charge in [-0.05, 0) is 43.1 Å². The molecule has 1 fully saturated rings. The minimum absolute atomic E-state index is 0.0184. The zero-order valence-electron chi connectivity index (χ0n) is 15.6. The Morgan fingerprint density at radius 1 is 1.40 bits per heavy atom. The molecule has 0 amide bonds. The van der Waals surface area contributed by atoms with Crippen molar-refractivity contribution in [2.24, 2.45) is 17.8 Å². The van der Waals surface area contributed by atoms with Crippen LogP contribution in [0.1, 0.15) is 58.6 Å². The fraction of sp³-hybridized carbons (Fsp3) is 0.700. The van der Waals surface area contributed by atoms with Crippen LogP contribution >= 0.6 is 0 Å². The Morgan fingerprint density at radius 2 is 2.12 bits per heavy atom. The molecule has 1 saturated carbocycles. The Kier molecular flexibility index (Phi) is 6.82. The molecule has 0 bridgehead atoms. The first-order valence-corrected chi connectivity index (χ1v) is 9.34. The van der Waals surface area contributed by atoms with Crippen LogP contribution < -0.4 is 4.74 Å². The van der Waals surface area contributed by atoms with Crippen LogP contribution in [0.15, 0.2) is 18.3 Å². The minimum atomic E-state index is -1.82. The molecule has 0 spiro atoms. The standard InChI is InChI=1S/C20H31NO4/c1-14(2)11-15(3)20(24,19(22)23)13-17-12-18(8-9-21-17)25-10-4-5-16-6-7-16/h8-9,12,14-16,24H,4-7,10-11,13H2,1-3H3,(H,22,23)/t15-,20+/m0/s1. The van der Waals surface area contributed by atoms with Gasteiger partial charge in [0.1, 0.15) is 5.75 Å². The molecular formula is C20H31NO4. The highest BCUT2D eigenvalue weighted by Gasteiger charge is 2.42. The first kappa shape index (κ1) is 19.7. The van der Waals surface area contributed by atoms with Gasteiger partial charge in [0.05, 0.1) is 6.61 Å². The van der Waals surface area contributed by atoms with Gasteiger partial charge in [-0.1, -0.05) is 33.6 Å². The molecule has 5 heteroatoms. The lowest BCUT2D eigenvalue weighted by Crippen LogP contribution is -2.47. The molecule has 2 atom stereocenters. The molecule has 1 aliphatic carbocycles. The summed E-state index contributed by atoms with van der Waals surface area (Å²) in [6, 6.07) is 3.52. The number of aliphatic carboxylic acids is 1. The van der Waals surface area contributed by atoms with E-state index in [9.17, 15) is 15.0 Å². The van der Waals surface area contributed by atoms with E-state index in [-0.39, 0.29) is 12.3 Å². The monoisotopic (exact) mass is 349 g/mol. The van der Waals surface area contributed by atoms with Gasteiger partial charge in [0.25, 0.3) is 0 Å². The molecule has 1 aliphatic rings. The van der Waals surface area contributed by atoms with E-state index < -0.39 is 11.6 Å². The van der Waals surface area contributed by atoms with Crippen molar-refractivity contribution >= 4 is 5.97 Å². The first-order valence-electron chi connectivity index (χ1n) is 9.34. The lowest BCUT2D eigenvalue weighted by molar-refractivity contribution is -0.165. The molecule has 0 aromatic carbocycles. The third kappa shape index (κ3) is 5.99. The molecule has 25 heavy (non-hydrogen) atoms. The summed E-state index contributed by atoms with van der Waals surface area (Å²) in [4.78, 5) is 15.9. The molecule has 2 N–H and O–H groups in total. The molecule has 1 heterocycles. The van der Waals surface area contributed by atoms with Crippen molar-refractivity contribution in [3.63, 3.8) is 0 Å². The van der Waals surface area contributed by atoms with Gasteiger partial charge in [0, 0.05) is 24.4 Å². The molecule has 0 unspecified atom stereocenters. The van der Waals surface area contributed by atoms with Gasteiger partial charge < -0.3 is 14.9 Å². The number of carboxylic acids is 1. The summed E-state index contributed by atoms with van der Waals surface area (Å²) >= 11 is 0. The summed E-state index contributed by atoms with van der Waals surface area (Å²) in [5.74, 6) is 0.331. The van der Waals surface area contributed by atoms with Crippen LogP contribution in [-0.2, 0) is 11.2 Å². The number of aromatic nitrogens is 1. The van der Waals surface area contributed by atoms with E-state index in [1.54, 1.807) is 25.3 Å². The number of pyridine rings is 1. The molecule has 2 rings (SSSR count). The maximum atomic E-state index is 11.7. The minimum Gasteiger partial charge on any atom is -0.493 e. The Balaban J connectivity index is 1.97. The van der Waals surface area contributed by atoms with E-state index in [0.717, 1.165) is 12.3 Å². The number of aliphatic hydroxyl groups is 1. The molecule has 140 valence electrons. The van der Waals surface area contributed by atoms with Crippen LogP contribution in [0.25, 0.3) is 0 Å². The number of ether oxygens (including phenoxy) is 1. The van der Waals surface area contributed by atoms with Gasteiger partial charge in [-0.3, -0.25) is 4.98 Å². The number of carboxylic acid groups (broad SMARTS) is 1. The van der Waals surface area contributed by atoms with Crippen molar-refractivity contribution in [2.45, 2.75) is 64.9 Å². The molecule has 0 saturated heterocycles. The first-order chi connectivity index (χ1) is 11.8. The summed E-state index contributed by atoms with van der Waals surface area (Å²) in [6.45, 7) is 6.49. The van der Waals surface area contributed by atoms with Gasteiger partial charge in [0.2, 0.25) is 0 Å². The molecular weight excluding hydrogens is 318 g/mol. The molecule has 1 aromatic rings. The second-order valence-electron chi connectivity index (χ2n) is 7.85. The Bertz CT molecular complexity index is 571. The largest absolute Gasteiger partial charge is 0.493 e. The average Bonchev–Trinajstić information content (AvgIpc) is 3.35. The van der Waals surface area contributed by atoms with Gasteiger partial charge in [-0.2, -0.15) is 0 Å². The lowest BCUT2D eigenvalue weighted by Gasteiger charge is -2.31. The number of hydrogen-bond acceptors (Lipinski definition) is 4. The van der Waals surface area contributed by atoms with Crippen LogP contribution in [0, 0.1) is 17.8 Å². The van der Waals surface area contributed by atoms with E-state index in [2.05, 4.69) is 4.98 Å². The fourth-order valence-electron chi connectivity index (χ4n) is 3.25. The van der Waals surface area contributed by atoms with Gasteiger partial charge in [-0.15, -0.1) is 0 Å². The van der Waals surface area contributed by atoms with E-state index in [4.69, 9.17) is 4.74 Å². The second kappa shape index (κ2) is 8.65. The van der Waals surface area contributed by atoms with Gasteiger partial charge in [0.15, 0.2) is 5.60 Å². The highest BCUT2D eigenvalue weighted by molar-refractivity contribution is 5.78. The van der Waals surface area contributed by atoms with Crippen molar-refractivity contribution < 1.29 is 19.7 Å².